The van der Waals surface area contributed by atoms with Crippen LogP contribution < -0.4 is 10.1 Å². The van der Waals surface area contributed by atoms with E-state index in [2.05, 4.69) is 5.32 Å². The van der Waals surface area contributed by atoms with Gasteiger partial charge in [0.05, 0.1) is 19.1 Å². The van der Waals surface area contributed by atoms with Crippen LogP contribution in [0.4, 0.5) is 0 Å². The zero-order valence-electron chi connectivity index (χ0n) is 11.5. The van der Waals surface area contributed by atoms with Gasteiger partial charge in [0.15, 0.2) is 0 Å². The number of benzene rings is 1. The normalized spacial score (nSPS) is 15.9. The minimum Gasteiger partial charge on any atom is -0.493 e. The van der Waals surface area contributed by atoms with Crippen molar-refractivity contribution in [2.24, 2.45) is 0 Å². The van der Waals surface area contributed by atoms with Crippen LogP contribution in [0, 0.1) is 6.92 Å². The van der Waals surface area contributed by atoms with Crippen LogP contribution in [0.3, 0.4) is 0 Å². The molecule has 1 fully saturated rings. The lowest BCUT2D eigenvalue weighted by Crippen LogP contribution is -2.26. The maximum absolute atomic E-state index is 11.5. The monoisotopic (exact) mass is 263 g/mol. The van der Waals surface area contributed by atoms with E-state index >= 15 is 0 Å². The van der Waals surface area contributed by atoms with Crippen molar-refractivity contribution in [3.05, 3.63) is 29.3 Å². The third kappa shape index (κ3) is 4.24. The molecule has 1 atom stereocenters. The number of rotatable bonds is 6. The van der Waals surface area contributed by atoms with Crippen LogP contribution in [0.1, 0.15) is 43.4 Å². The zero-order chi connectivity index (χ0) is 13.8. The lowest BCUT2D eigenvalue weighted by atomic mass is 10.1. The molecule has 2 N–H and O–H groups in total. The summed E-state index contributed by atoms with van der Waals surface area (Å²) >= 11 is 0. The topological polar surface area (TPSA) is 58.6 Å². The molecule has 4 nitrogen and oxygen atoms in total. The van der Waals surface area contributed by atoms with Gasteiger partial charge in [0.1, 0.15) is 5.75 Å². The van der Waals surface area contributed by atoms with Crippen LogP contribution in [0.15, 0.2) is 18.2 Å². The van der Waals surface area contributed by atoms with E-state index in [0.717, 1.165) is 24.0 Å². The summed E-state index contributed by atoms with van der Waals surface area (Å²) in [6, 6.07) is 6.08. The molecule has 4 heteroatoms. The highest BCUT2D eigenvalue weighted by atomic mass is 16.5. The Morgan fingerprint density at radius 3 is 2.89 bits per heavy atom. The van der Waals surface area contributed by atoms with Gasteiger partial charge in [-0.15, -0.1) is 0 Å². The van der Waals surface area contributed by atoms with Crippen LogP contribution in [-0.2, 0) is 4.79 Å². The Balaban J connectivity index is 1.87. The van der Waals surface area contributed by atoms with Crippen molar-refractivity contribution in [1.29, 1.82) is 0 Å². The molecule has 1 aliphatic rings. The summed E-state index contributed by atoms with van der Waals surface area (Å²) in [6.45, 7) is 4.01. The van der Waals surface area contributed by atoms with Crippen molar-refractivity contribution in [3.63, 3.8) is 0 Å². The highest BCUT2D eigenvalue weighted by Crippen LogP contribution is 2.26. The number of hydrogen-bond donors (Lipinski definition) is 2. The lowest BCUT2D eigenvalue weighted by Gasteiger charge is -2.14. The van der Waals surface area contributed by atoms with E-state index in [1.54, 1.807) is 6.92 Å². The number of aliphatic hydroxyl groups excluding tert-OH is 1. The molecular weight excluding hydrogens is 242 g/mol. The second kappa shape index (κ2) is 6.06. The number of aryl methyl sites for hydroxylation is 1. The molecule has 0 aliphatic heterocycles. The first kappa shape index (κ1) is 13.9. The lowest BCUT2D eigenvalue weighted by molar-refractivity contribution is -0.121. The van der Waals surface area contributed by atoms with Crippen molar-refractivity contribution < 1.29 is 14.6 Å². The maximum Gasteiger partial charge on any atom is 0.223 e. The third-order valence-electron chi connectivity index (χ3n) is 3.15. The van der Waals surface area contributed by atoms with Crippen molar-refractivity contribution in [2.45, 2.75) is 45.3 Å². The van der Waals surface area contributed by atoms with E-state index < -0.39 is 6.10 Å². The summed E-state index contributed by atoms with van der Waals surface area (Å²) in [5.74, 6) is 0.697. The van der Waals surface area contributed by atoms with Crippen molar-refractivity contribution in [3.8, 4) is 5.75 Å². The van der Waals surface area contributed by atoms with Gasteiger partial charge in [-0.25, -0.2) is 0 Å². The van der Waals surface area contributed by atoms with Gasteiger partial charge in [-0.05, 0) is 38.3 Å². The highest BCUT2D eigenvalue weighted by molar-refractivity contribution is 5.76. The van der Waals surface area contributed by atoms with Crippen LogP contribution >= 0.6 is 0 Å². The Kier molecular flexibility index (Phi) is 4.43. The molecule has 1 saturated carbocycles. The van der Waals surface area contributed by atoms with Crippen LogP contribution in [0.2, 0.25) is 0 Å². The van der Waals surface area contributed by atoms with E-state index in [1.165, 1.54) is 0 Å². The molecule has 19 heavy (non-hydrogen) atoms. The van der Waals surface area contributed by atoms with Crippen LogP contribution in [0.25, 0.3) is 0 Å². The SMILES string of the molecule is Cc1ccc([C@H](C)O)c(OCCC(=O)NC2CC2)c1. The van der Waals surface area contributed by atoms with E-state index in [0.29, 0.717) is 24.8 Å². The molecule has 0 unspecified atom stereocenters. The van der Waals surface area contributed by atoms with Crippen molar-refractivity contribution >= 4 is 5.91 Å². The molecular formula is C15H21NO3. The van der Waals surface area contributed by atoms with E-state index in [9.17, 15) is 9.90 Å². The first-order valence-electron chi connectivity index (χ1n) is 6.77. The van der Waals surface area contributed by atoms with Gasteiger partial charge in [-0.3, -0.25) is 4.79 Å². The quantitative estimate of drug-likeness (QED) is 0.826. The number of nitrogens with one attached hydrogen (secondary N) is 1. The molecule has 0 saturated heterocycles. The number of ether oxygens (including phenoxy) is 1. The summed E-state index contributed by atoms with van der Waals surface area (Å²) in [5, 5.41) is 12.6. The molecule has 1 aromatic rings. The minimum absolute atomic E-state index is 0.0359. The van der Waals surface area contributed by atoms with Gasteiger partial charge >= 0.3 is 0 Å². The summed E-state index contributed by atoms with van der Waals surface area (Å²) < 4.78 is 5.63. The Morgan fingerprint density at radius 1 is 1.53 bits per heavy atom. The van der Waals surface area contributed by atoms with Crippen LogP contribution in [-0.4, -0.2) is 23.7 Å². The first-order chi connectivity index (χ1) is 9.06. The van der Waals surface area contributed by atoms with Crippen molar-refractivity contribution in [1.82, 2.24) is 5.32 Å². The molecule has 1 aliphatic carbocycles. The highest BCUT2D eigenvalue weighted by Gasteiger charge is 2.22. The molecule has 0 bridgehead atoms. The zero-order valence-corrected chi connectivity index (χ0v) is 11.5. The summed E-state index contributed by atoms with van der Waals surface area (Å²) in [4.78, 5) is 11.5. The third-order valence-corrected chi connectivity index (χ3v) is 3.15. The molecule has 1 amide bonds. The number of amides is 1. The summed E-state index contributed by atoms with van der Waals surface area (Å²) in [7, 11) is 0. The fraction of sp³-hybridized carbons (Fsp3) is 0.533. The molecule has 0 radical (unpaired) electrons. The van der Waals surface area contributed by atoms with Gasteiger partial charge in [0.2, 0.25) is 5.91 Å². The second-order valence-electron chi connectivity index (χ2n) is 5.16. The fourth-order valence-corrected chi connectivity index (χ4v) is 1.89. The summed E-state index contributed by atoms with van der Waals surface area (Å²) in [5.41, 5.74) is 1.83. The smallest absolute Gasteiger partial charge is 0.223 e. The van der Waals surface area contributed by atoms with Gasteiger partial charge in [-0.2, -0.15) is 0 Å². The predicted octanol–water partition coefficient (Wildman–Crippen LogP) is 2.10. The summed E-state index contributed by atoms with van der Waals surface area (Å²) in [6.07, 6.45) is 1.97. The van der Waals surface area contributed by atoms with Gasteiger partial charge in [0.25, 0.3) is 0 Å². The fourth-order valence-electron chi connectivity index (χ4n) is 1.89. The van der Waals surface area contributed by atoms with Crippen LogP contribution in [0.5, 0.6) is 5.75 Å². The Morgan fingerprint density at radius 2 is 2.26 bits per heavy atom. The Labute approximate surface area is 113 Å². The molecule has 1 aromatic carbocycles. The number of carbonyl (C=O) groups is 1. The Hall–Kier alpha value is -1.55. The predicted molar refractivity (Wildman–Crippen MR) is 73.1 cm³/mol. The number of aliphatic hydroxyl groups is 1. The van der Waals surface area contributed by atoms with E-state index in [1.807, 2.05) is 25.1 Å². The number of hydrogen-bond acceptors (Lipinski definition) is 3. The average molecular weight is 263 g/mol. The minimum atomic E-state index is -0.573. The molecule has 2 rings (SSSR count). The Bertz CT molecular complexity index is 453. The second-order valence-corrected chi connectivity index (χ2v) is 5.16. The number of carbonyl (C=O) groups excluding carboxylic acids is 1. The molecule has 104 valence electrons. The molecule has 0 aromatic heterocycles. The standard InChI is InChI=1S/C15H21NO3/c1-10-3-6-13(11(2)17)14(9-10)19-8-7-15(18)16-12-4-5-12/h3,6,9,11-12,17H,4-5,7-8H2,1-2H3,(H,16,18)/t11-/m0/s1. The van der Waals surface area contributed by atoms with E-state index in [-0.39, 0.29) is 5.91 Å². The van der Waals surface area contributed by atoms with E-state index in [4.69, 9.17) is 4.74 Å². The molecule has 0 heterocycles. The first-order valence-corrected chi connectivity index (χ1v) is 6.77. The van der Waals surface area contributed by atoms with Gasteiger partial charge < -0.3 is 15.2 Å². The average Bonchev–Trinajstić information content (AvgIpc) is 3.12. The van der Waals surface area contributed by atoms with Gasteiger partial charge in [-0.1, -0.05) is 12.1 Å². The van der Waals surface area contributed by atoms with Gasteiger partial charge in [0, 0.05) is 11.6 Å². The molecule has 0 spiro atoms. The largest absolute Gasteiger partial charge is 0.493 e. The maximum atomic E-state index is 11.5. The van der Waals surface area contributed by atoms with Crippen molar-refractivity contribution in [2.75, 3.05) is 6.61 Å².